The van der Waals surface area contributed by atoms with Gasteiger partial charge in [0, 0.05) is 57.1 Å². The minimum atomic E-state index is 0.104. The number of amides is 1. The third-order valence-electron chi connectivity index (χ3n) is 5.62. The maximum atomic E-state index is 13.1. The smallest absolute Gasteiger partial charge is 0.253 e. The van der Waals surface area contributed by atoms with E-state index in [1.54, 1.807) is 0 Å². The van der Waals surface area contributed by atoms with Gasteiger partial charge >= 0.3 is 0 Å². The van der Waals surface area contributed by atoms with E-state index in [0.29, 0.717) is 6.54 Å². The van der Waals surface area contributed by atoms with Gasteiger partial charge in [0.2, 0.25) is 0 Å². The number of hydrogen-bond donors (Lipinski definition) is 0. The Morgan fingerprint density at radius 1 is 1.10 bits per heavy atom. The quantitative estimate of drug-likeness (QED) is 0.574. The van der Waals surface area contributed by atoms with Crippen LogP contribution in [0.1, 0.15) is 32.9 Å². The van der Waals surface area contributed by atoms with Crippen LogP contribution in [0.25, 0.3) is 0 Å². The average molecular weight is 471 g/mol. The number of aryl methyl sites for hydroxylation is 2. The van der Waals surface area contributed by atoms with Gasteiger partial charge in [-0.1, -0.05) is 12.1 Å². The first-order valence-corrected chi connectivity index (χ1v) is 11.0. The first-order chi connectivity index (χ1) is 14.4. The van der Waals surface area contributed by atoms with E-state index >= 15 is 0 Å². The summed E-state index contributed by atoms with van der Waals surface area (Å²) < 4.78 is 4.84. The number of piperazine rings is 1. The third-order valence-corrected chi connectivity index (χ3v) is 6.77. The van der Waals surface area contributed by atoms with Gasteiger partial charge < -0.3 is 4.90 Å². The van der Waals surface area contributed by atoms with E-state index in [0.717, 1.165) is 59.7 Å². The number of carbonyl (C=O) groups is 1. The highest BCUT2D eigenvalue weighted by atomic mass is 79.9. The monoisotopic (exact) mass is 470 g/mol. The molecule has 0 N–H and O–H groups in total. The molecule has 0 atom stereocenters. The predicted octanol–water partition coefficient (Wildman–Crippen LogP) is 3.00. The maximum absolute atomic E-state index is 13.1. The minimum absolute atomic E-state index is 0.104. The molecule has 0 unspecified atom stereocenters. The van der Waals surface area contributed by atoms with E-state index in [9.17, 15) is 4.79 Å². The van der Waals surface area contributed by atoms with Crippen LogP contribution in [0.4, 0.5) is 0 Å². The Hall–Kier alpha value is -2.45. The molecule has 1 aliphatic rings. The van der Waals surface area contributed by atoms with Gasteiger partial charge in [-0.15, -0.1) is 0 Å². The molecule has 3 heterocycles. The van der Waals surface area contributed by atoms with E-state index in [4.69, 9.17) is 0 Å². The third kappa shape index (κ3) is 4.49. The molecule has 1 aromatic carbocycles. The first-order valence-electron chi connectivity index (χ1n) is 10.2. The summed E-state index contributed by atoms with van der Waals surface area (Å²) >= 11 is 3.58. The van der Waals surface area contributed by atoms with Crippen LogP contribution in [0.15, 0.2) is 41.1 Å². The van der Waals surface area contributed by atoms with Crippen molar-refractivity contribution in [3.05, 3.63) is 69.2 Å². The Balaban J connectivity index is 1.38. The molecule has 1 amide bonds. The van der Waals surface area contributed by atoms with Crippen LogP contribution in [0, 0.1) is 13.8 Å². The highest BCUT2D eigenvalue weighted by molar-refractivity contribution is 9.10. The van der Waals surface area contributed by atoms with Gasteiger partial charge in [0.25, 0.3) is 5.91 Å². The van der Waals surface area contributed by atoms with Crippen molar-refractivity contribution in [2.24, 2.45) is 7.05 Å². The van der Waals surface area contributed by atoms with Crippen LogP contribution >= 0.6 is 15.9 Å². The molecule has 0 aliphatic carbocycles. The van der Waals surface area contributed by atoms with Crippen molar-refractivity contribution >= 4 is 21.8 Å². The lowest BCUT2D eigenvalue weighted by Gasteiger charge is -2.34. The molecule has 7 nitrogen and oxygen atoms in total. The Labute approximate surface area is 185 Å². The normalized spacial score (nSPS) is 15.0. The molecular formula is C22H27BrN6O. The Morgan fingerprint density at radius 3 is 2.50 bits per heavy atom. The predicted molar refractivity (Wildman–Crippen MR) is 119 cm³/mol. The number of halogens is 1. The van der Waals surface area contributed by atoms with Crippen molar-refractivity contribution in [1.29, 1.82) is 0 Å². The number of benzene rings is 1. The molecule has 4 rings (SSSR count). The fourth-order valence-electron chi connectivity index (χ4n) is 3.91. The summed E-state index contributed by atoms with van der Waals surface area (Å²) in [5, 5.41) is 8.81. The van der Waals surface area contributed by atoms with Gasteiger partial charge in [-0.25, -0.2) is 0 Å². The van der Waals surface area contributed by atoms with Crippen molar-refractivity contribution in [2.45, 2.75) is 26.9 Å². The molecular weight excluding hydrogens is 444 g/mol. The summed E-state index contributed by atoms with van der Waals surface area (Å²) in [4.78, 5) is 17.4. The van der Waals surface area contributed by atoms with Crippen LogP contribution < -0.4 is 0 Å². The van der Waals surface area contributed by atoms with Crippen LogP contribution in [0.2, 0.25) is 0 Å². The first kappa shape index (κ1) is 20.8. The summed E-state index contributed by atoms with van der Waals surface area (Å²) in [5.74, 6) is 0.104. The maximum Gasteiger partial charge on any atom is 0.253 e. The standard InChI is InChI=1S/C22H27BrN6O/c1-16-21(23)17(2)29(25-16)15-18-5-4-6-20(11-18)22(30)28-9-7-27(8-10-28)14-19-12-24-26(3)13-19/h4-6,11-13H,7-10,14-15H2,1-3H3. The zero-order chi connectivity index (χ0) is 21.3. The van der Waals surface area contributed by atoms with E-state index in [1.165, 1.54) is 5.56 Å². The van der Waals surface area contributed by atoms with Gasteiger partial charge in [0.05, 0.1) is 28.6 Å². The summed E-state index contributed by atoms with van der Waals surface area (Å²) in [6, 6.07) is 7.91. The number of aromatic nitrogens is 4. The minimum Gasteiger partial charge on any atom is -0.336 e. The van der Waals surface area contributed by atoms with Gasteiger partial charge in [0.1, 0.15) is 0 Å². The molecule has 8 heteroatoms. The lowest BCUT2D eigenvalue weighted by molar-refractivity contribution is 0.0628. The van der Waals surface area contributed by atoms with E-state index in [2.05, 4.69) is 31.0 Å². The molecule has 2 aromatic heterocycles. The van der Waals surface area contributed by atoms with Crippen LogP contribution in [-0.4, -0.2) is 61.4 Å². The summed E-state index contributed by atoms with van der Waals surface area (Å²) in [7, 11) is 1.93. The molecule has 0 radical (unpaired) electrons. The number of hydrogen-bond acceptors (Lipinski definition) is 4. The van der Waals surface area contributed by atoms with Gasteiger partial charge in [-0.05, 0) is 47.5 Å². The van der Waals surface area contributed by atoms with Crippen molar-refractivity contribution in [1.82, 2.24) is 29.4 Å². The molecule has 0 saturated carbocycles. The molecule has 1 aliphatic heterocycles. The van der Waals surface area contributed by atoms with E-state index in [1.807, 2.05) is 71.8 Å². The Bertz CT molecular complexity index is 1050. The van der Waals surface area contributed by atoms with Crippen molar-refractivity contribution < 1.29 is 4.79 Å². The second-order valence-electron chi connectivity index (χ2n) is 7.93. The van der Waals surface area contributed by atoms with E-state index in [-0.39, 0.29) is 5.91 Å². The molecule has 1 saturated heterocycles. The zero-order valence-electron chi connectivity index (χ0n) is 17.7. The van der Waals surface area contributed by atoms with Gasteiger partial charge in [0.15, 0.2) is 0 Å². The average Bonchev–Trinajstić information content (AvgIpc) is 3.26. The lowest BCUT2D eigenvalue weighted by Crippen LogP contribution is -2.48. The summed E-state index contributed by atoms with van der Waals surface area (Å²) in [5.41, 5.74) is 5.10. The summed E-state index contributed by atoms with van der Waals surface area (Å²) in [6.45, 7) is 8.80. The topological polar surface area (TPSA) is 59.2 Å². The van der Waals surface area contributed by atoms with Crippen molar-refractivity contribution in [3.8, 4) is 0 Å². The largest absolute Gasteiger partial charge is 0.336 e. The molecule has 3 aromatic rings. The van der Waals surface area contributed by atoms with Gasteiger partial charge in [-0.2, -0.15) is 10.2 Å². The molecule has 0 spiro atoms. The molecule has 30 heavy (non-hydrogen) atoms. The number of nitrogens with zero attached hydrogens (tertiary/aromatic N) is 6. The highest BCUT2D eigenvalue weighted by Gasteiger charge is 2.22. The van der Waals surface area contributed by atoms with Crippen molar-refractivity contribution in [2.75, 3.05) is 26.2 Å². The summed E-state index contributed by atoms with van der Waals surface area (Å²) in [6.07, 6.45) is 3.95. The molecule has 158 valence electrons. The highest BCUT2D eigenvalue weighted by Crippen LogP contribution is 2.21. The lowest BCUT2D eigenvalue weighted by atomic mass is 10.1. The zero-order valence-corrected chi connectivity index (χ0v) is 19.3. The SMILES string of the molecule is Cc1nn(Cc2cccc(C(=O)N3CCN(Cc4cnn(C)c4)CC3)c2)c(C)c1Br. The fraction of sp³-hybridized carbons (Fsp3) is 0.409. The van der Waals surface area contributed by atoms with Gasteiger partial charge in [-0.3, -0.25) is 19.1 Å². The second kappa shape index (κ2) is 8.73. The second-order valence-corrected chi connectivity index (χ2v) is 8.73. The van der Waals surface area contributed by atoms with Crippen LogP contribution in [0.5, 0.6) is 0 Å². The van der Waals surface area contributed by atoms with E-state index < -0.39 is 0 Å². The number of rotatable bonds is 5. The Morgan fingerprint density at radius 2 is 1.87 bits per heavy atom. The van der Waals surface area contributed by atoms with Crippen LogP contribution in [0.3, 0.4) is 0 Å². The number of carbonyl (C=O) groups excluding carboxylic acids is 1. The molecule has 1 fully saturated rings. The fourth-order valence-corrected chi connectivity index (χ4v) is 4.19. The van der Waals surface area contributed by atoms with Crippen molar-refractivity contribution in [3.63, 3.8) is 0 Å². The molecule has 0 bridgehead atoms. The van der Waals surface area contributed by atoms with Crippen LogP contribution in [-0.2, 0) is 20.1 Å². The Kier molecular flexibility index (Phi) is 6.06.